The van der Waals surface area contributed by atoms with E-state index >= 15 is 0 Å². The molecule has 3 nitrogen and oxygen atoms in total. The zero-order valence-electron chi connectivity index (χ0n) is 10.3. The van der Waals surface area contributed by atoms with E-state index in [1.165, 1.54) is 5.39 Å². The summed E-state index contributed by atoms with van der Waals surface area (Å²) in [7, 11) is 0. The minimum Gasteiger partial charge on any atom is -0.393 e. The average Bonchev–Trinajstić information content (AvgIpc) is 2.42. The standard InChI is InChI=1S/C15H18N2O/c18-12-7-5-11(6-8-12)17-15-9-10-16-14-4-2-1-3-13(14)15/h1-4,9-12,18H,5-8H2,(H,16,17). The molecule has 3 heteroatoms. The second-order valence-electron chi connectivity index (χ2n) is 5.03. The van der Waals surface area contributed by atoms with Gasteiger partial charge in [-0.25, -0.2) is 0 Å². The first-order valence-corrected chi connectivity index (χ1v) is 6.61. The first-order valence-electron chi connectivity index (χ1n) is 6.61. The number of pyridine rings is 1. The number of hydrogen-bond donors (Lipinski definition) is 2. The highest BCUT2D eigenvalue weighted by Gasteiger charge is 2.19. The third-order valence-corrected chi connectivity index (χ3v) is 3.71. The summed E-state index contributed by atoms with van der Waals surface area (Å²) in [6.07, 6.45) is 5.64. The molecule has 1 aliphatic carbocycles. The van der Waals surface area contributed by atoms with Gasteiger partial charge < -0.3 is 10.4 Å². The van der Waals surface area contributed by atoms with Gasteiger partial charge in [0.05, 0.1) is 11.6 Å². The van der Waals surface area contributed by atoms with Gasteiger partial charge in [-0.2, -0.15) is 0 Å². The molecule has 1 aliphatic rings. The highest BCUT2D eigenvalue weighted by Crippen LogP contribution is 2.26. The van der Waals surface area contributed by atoms with Crippen LogP contribution < -0.4 is 5.32 Å². The lowest BCUT2D eigenvalue weighted by atomic mass is 9.93. The molecule has 0 atom stereocenters. The van der Waals surface area contributed by atoms with Crippen LogP contribution in [0.4, 0.5) is 5.69 Å². The molecule has 1 saturated carbocycles. The summed E-state index contributed by atoms with van der Waals surface area (Å²) in [6, 6.07) is 10.7. The number of aliphatic hydroxyl groups is 1. The molecule has 0 saturated heterocycles. The van der Waals surface area contributed by atoms with Gasteiger partial charge in [-0.15, -0.1) is 0 Å². The Morgan fingerprint density at radius 1 is 1.06 bits per heavy atom. The Kier molecular flexibility index (Phi) is 3.15. The van der Waals surface area contributed by atoms with Crippen molar-refractivity contribution in [2.45, 2.75) is 37.8 Å². The van der Waals surface area contributed by atoms with Crippen LogP contribution >= 0.6 is 0 Å². The van der Waals surface area contributed by atoms with E-state index in [0.29, 0.717) is 6.04 Å². The Bertz CT molecular complexity index is 528. The summed E-state index contributed by atoms with van der Waals surface area (Å²) in [5.41, 5.74) is 2.18. The average molecular weight is 242 g/mol. The number of hydrogen-bond acceptors (Lipinski definition) is 3. The van der Waals surface area contributed by atoms with Gasteiger partial charge in [0.25, 0.3) is 0 Å². The SMILES string of the molecule is OC1CCC(Nc2ccnc3ccccc23)CC1. The van der Waals surface area contributed by atoms with Crippen molar-refractivity contribution in [1.29, 1.82) is 0 Å². The monoisotopic (exact) mass is 242 g/mol. The maximum Gasteiger partial charge on any atom is 0.0722 e. The van der Waals surface area contributed by atoms with Crippen LogP contribution in [0, 0.1) is 0 Å². The number of benzene rings is 1. The van der Waals surface area contributed by atoms with E-state index in [0.717, 1.165) is 36.9 Å². The number of nitrogens with zero attached hydrogens (tertiary/aromatic N) is 1. The highest BCUT2D eigenvalue weighted by molar-refractivity contribution is 5.90. The summed E-state index contributed by atoms with van der Waals surface area (Å²) < 4.78 is 0. The van der Waals surface area contributed by atoms with E-state index in [1.54, 1.807) is 0 Å². The maximum atomic E-state index is 9.53. The lowest BCUT2D eigenvalue weighted by Crippen LogP contribution is -2.28. The molecule has 0 radical (unpaired) electrons. The van der Waals surface area contributed by atoms with Crippen LogP contribution in [-0.4, -0.2) is 22.2 Å². The summed E-state index contributed by atoms with van der Waals surface area (Å²) in [4.78, 5) is 4.37. The maximum absolute atomic E-state index is 9.53. The fourth-order valence-electron chi connectivity index (χ4n) is 2.66. The molecule has 94 valence electrons. The normalized spacial score (nSPS) is 24.1. The van der Waals surface area contributed by atoms with Gasteiger partial charge in [-0.1, -0.05) is 18.2 Å². The minimum atomic E-state index is -0.0998. The molecule has 0 bridgehead atoms. The molecule has 0 aliphatic heterocycles. The van der Waals surface area contributed by atoms with Crippen LogP contribution in [0.5, 0.6) is 0 Å². The third kappa shape index (κ3) is 2.31. The Balaban J connectivity index is 1.82. The van der Waals surface area contributed by atoms with Crippen molar-refractivity contribution in [3.8, 4) is 0 Å². The largest absolute Gasteiger partial charge is 0.393 e. The molecule has 1 aromatic heterocycles. The van der Waals surface area contributed by atoms with Crippen LogP contribution in [0.2, 0.25) is 0 Å². The summed E-state index contributed by atoms with van der Waals surface area (Å²) >= 11 is 0. The van der Waals surface area contributed by atoms with E-state index in [1.807, 2.05) is 30.5 Å². The molecule has 18 heavy (non-hydrogen) atoms. The molecule has 0 unspecified atom stereocenters. The van der Waals surface area contributed by atoms with E-state index in [4.69, 9.17) is 0 Å². The van der Waals surface area contributed by atoms with Crippen molar-refractivity contribution in [1.82, 2.24) is 4.98 Å². The van der Waals surface area contributed by atoms with Gasteiger partial charge >= 0.3 is 0 Å². The number of rotatable bonds is 2. The Morgan fingerprint density at radius 2 is 1.83 bits per heavy atom. The van der Waals surface area contributed by atoms with Crippen molar-refractivity contribution in [2.75, 3.05) is 5.32 Å². The molecular weight excluding hydrogens is 224 g/mol. The lowest BCUT2D eigenvalue weighted by Gasteiger charge is -2.27. The molecule has 1 fully saturated rings. The van der Waals surface area contributed by atoms with Crippen molar-refractivity contribution in [2.24, 2.45) is 0 Å². The van der Waals surface area contributed by atoms with Gasteiger partial charge in [0.15, 0.2) is 0 Å². The van der Waals surface area contributed by atoms with Gasteiger partial charge in [0.2, 0.25) is 0 Å². The van der Waals surface area contributed by atoms with E-state index in [2.05, 4.69) is 16.4 Å². The molecule has 3 rings (SSSR count). The van der Waals surface area contributed by atoms with Gasteiger partial charge in [0, 0.05) is 23.3 Å². The lowest BCUT2D eigenvalue weighted by molar-refractivity contribution is 0.126. The summed E-state index contributed by atoms with van der Waals surface area (Å²) in [6.45, 7) is 0. The fourth-order valence-corrected chi connectivity index (χ4v) is 2.66. The quantitative estimate of drug-likeness (QED) is 0.851. The van der Waals surface area contributed by atoms with Crippen LogP contribution in [0.1, 0.15) is 25.7 Å². The first-order chi connectivity index (χ1) is 8.83. The molecule has 2 N–H and O–H groups in total. The van der Waals surface area contributed by atoms with Gasteiger partial charge in [-0.05, 0) is 37.8 Å². The molecule has 0 spiro atoms. The van der Waals surface area contributed by atoms with Crippen molar-refractivity contribution in [3.63, 3.8) is 0 Å². The predicted octanol–water partition coefficient (Wildman–Crippen LogP) is 2.95. The van der Waals surface area contributed by atoms with Gasteiger partial charge in [0.1, 0.15) is 0 Å². The third-order valence-electron chi connectivity index (χ3n) is 3.71. The number of anilines is 1. The van der Waals surface area contributed by atoms with Crippen LogP contribution in [0.25, 0.3) is 10.9 Å². The van der Waals surface area contributed by atoms with E-state index < -0.39 is 0 Å². The molecule has 0 amide bonds. The molecule has 1 aromatic carbocycles. The van der Waals surface area contributed by atoms with Crippen LogP contribution in [0.3, 0.4) is 0 Å². The van der Waals surface area contributed by atoms with E-state index in [-0.39, 0.29) is 6.10 Å². The second-order valence-corrected chi connectivity index (χ2v) is 5.03. The number of fused-ring (bicyclic) bond motifs is 1. The summed E-state index contributed by atoms with van der Waals surface area (Å²) in [5.74, 6) is 0. The number of nitrogens with one attached hydrogen (secondary N) is 1. The highest BCUT2D eigenvalue weighted by atomic mass is 16.3. The fraction of sp³-hybridized carbons (Fsp3) is 0.400. The van der Waals surface area contributed by atoms with E-state index in [9.17, 15) is 5.11 Å². The minimum absolute atomic E-state index is 0.0998. The Labute approximate surface area is 107 Å². The Morgan fingerprint density at radius 3 is 2.67 bits per heavy atom. The second kappa shape index (κ2) is 4.94. The zero-order chi connectivity index (χ0) is 12.4. The zero-order valence-corrected chi connectivity index (χ0v) is 10.3. The molecule has 2 aromatic rings. The van der Waals surface area contributed by atoms with Crippen LogP contribution in [-0.2, 0) is 0 Å². The van der Waals surface area contributed by atoms with Gasteiger partial charge in [-0.3, -0.25) is 4.98 Å². The smallest absolute Gasteiger partial charge is 0.0722 e. The summed E-state index contributed by atoms with van der Waals surface area (Å²) in [5, 5.41) is 14.3. The number of aromatic nitrogens is 1. The molecule has 1 heterocycles. The van der Waals surface area contributed by atoms with Crippen molar-refractivity contribution in [3.05, 3.63) is 36.5 Å². The predicted molar refractivity (Wildman–Crippen MR) is 73.6 cm³/mol. The Hall–Kier alpha value is -1.61. The molecular formula is C15H18N2O. The van der Waals surface area contributed by atoms with Crippen molar-refractivity contribution >= 4 is 16.6 Å². The number of para-hydroxylation sites is 1. The first kappa shape index (κ1) is 11.5. The topological polar surface area (TPSA) is 45.1 Å². The number of aliphatic hydroxyl groups excluding tert-OH is 1. The van der Waals surface area contributed by atoms with Crippen LogP contribution in [0.15, 0.2) is 36.5 Å². The van der Waals surface area contributed by atoms with Crippen molar-refractivity contribution < 1.29 is 5.11 Å².